The van der Waals surface area contributed by atoms with Crippen LogP contribution in [0.25, 0.3) is 16.8 Å². The first-order valence-corrected chi connectivity index (χ1v) is 8.91. The van der Waals surface area contributed by atoms with E-state index in [0.717, 1.165) is 21.7 Å². The van der Waals surface area contributed by atoms with Crippen molar-refractivity contribution < 1.29 is 15.0 Å². The average molecular weight is 365 g/mol. The van der Waals surface area contributed by atoms with Gasteiger partial charge in [0.1, 0.15) is 10.8 Å². The third-order valence-corrected chi connectivity index (χ3v) is 6.17. The van der Waals surface area contributed by atoms with Crippen LogP contribution in [0.4, 0.5) is 0 Å². The monoisotopic (exact) mass is 365 g/mol. The van der Waals surface area contributed by atoms with Gasteiger partial charge in [-0.1, -0.05) is 0 Å². The minimum Gasteiger partial charge on any atom is -0.480 e. The first-order chi connectivity index (χ1) is 12.5. The molecule has 3 aromatic rings. The molecule has 0 atom stereocenters. The van der Waals surface area contributed by atoms with Crippen molar-refractivity contribution >= 4 is 23.2 Å². The zero-order chi connectivity index (χ0) is 18.3. The summed E-state index contributed by atoms with van der Waals surface area (Å²) >= 11 is 1.25. The molecular formula is C19H15N3O3S. The minimum atomic E-state index is -1.02. The number of hydrogen-bond acceptors (Lipinski definition) is 5. The van der Waals surface area contributed by atoms with Crippen LogP contribution in [0.2, 0.25) is 0 Å². The van der Waals surface area contributed by atoms with Crippen LogP contribution in [0, 0.1) is 11.3 Å². The number of carboxylic acids is 1. The van der Waals surface area contributed by atoms with Crippen LogP contribution >= 0.6 is 11.8 Å². The lowest BCUT2D eigenvalue weighted by atomic mass is 9.81. The number of nitrogens with zero attached hydrogens (tertiary/aromatic N) is 3. The topological polar surface area (TPSA) is 98.6 Å². The number of carboxylic acid groups (broad SMARTS) is 1. The molecule has 3 aromatic heterocycles. The Morgan fingerprint density at radius 2 is 2.15 bits per heavy atom. The van der Waals surface area contributed by atoms with Crippen molar-refractivity contribution in [2.45, 2.75) is 28.6 Å². The molecule has 0 spiro atoms. The highest BCUT2D eigenvalue weighted by Gasteiger charge is 2.51. The van der Waals surface area contributed by atoms with E-state index in [-0.39, 0.29) is 12.8 Å². The van der Waals surface area contributed by atoms with Gasteiger partial charge in [0, 0.05) is 29.0 Å². The molecule has 1 aliphatic carbocycles. The van der Waals surface area contributed by atoms with Crippen LogP contribution in [0.3, 0.4) is 0 Å². The maximum atomic E-state index is 11.8. The number of nitriles is 1. The van der Waals surface area contributed by atoms with E-state index >= 15 is 0 Å². The Hall–Kier alpha value is -2.82. The zero-order valence-corrected chi connectivity index (χ0v) is 14.5. The molecule has 2 N–H and O–H groups in total. The third kappa shape index (κ3) is 2.55. The molecular weight excluding hydrogens is 350 g/mol. The first-order valence-electron chi connectivity index (χ1n) is 8.09. The smallest absolute Gasteiger partial charge is 0.320 e. The maximum absolute atomic E-state index is 11.8. The lowest BCUT2D eigenvalue weighted by molar-refractivity contribution is -0.145. The number of aliphatic hydroxyl groups is 1. The fraction of sp³-hybridized carbons (Fsp3) is 0.211. The highest BCUT2D eigenvalue weighted by molar-refractivity contribution is 8.01. The van der Waals surface area contributed by atoms with Gasteiger partial charge in [0.15, 0.2) is 0 Å². The van der Waals surface area contributed by atoms with Crippen LogP contribution in [-0.4, -0.2) is 36.4 Å². The molecule has 0 unspecified atom stereocenters. The van der Waals surface area contributed by atoms with E-state index in [4.69, 9.17) is 0 Å². The lowest BCUT2D eigenvalue weighted by Crippen LogP contribution is -2.50. The van der Waals surface area contributed by atoms with Crippen LogP contribution in [0.15, 0.2) is 53.8 Å². The second-order valence-electron chi connectivity index (χ2n) is 6.34. The molecule has 3 heterocycles. The van der Waals surface area contributed by atoms with E-state index < -0.39 is 16.8 Å². The normalized spacial score (nSPS) is 21.9. The molecule has 0 radical (unpaired) electrons. The highest BCUT2D eigenvalue weighted by Crippen LogP contribution is 2.50. The van der Waals surface area contributed by atoms with Gasteiger partial charge >= 0.3 is 5.97 Å². The van der Waals surface area contributed by atoms with Crippen molar-refractivity contribution in [2.75, 3.05) is 0 Å². The summed E-state index contributed by atoms with van der Waals surface area (Å²) in [5, 5.41) is 28.6. The Labute approximate surface area is 153 Å². The number of aliphatic carboxylic acids is 1. The van der Waals surface area contributed by atoms with E-state index in [1.54, 1.807) is 24.5 Å². The summed E-state index contributed by atoms with van der Waals surface area (Å²) in [6.07, 6.45) is 5.07. The fourth-order valence-electron chi connectivity index (χ4n) is 3.33. The number of thioether (sulfide) groups is 1. The largest absolute Gasteiger partial charge is 0.480 e. The third-order valence-electron chi connectivity index (χ3n) is 4.70. The molecule has 4 rings (SSSR count). The van der Waals surface area contributed by atoms with Crippen LogP contribution in [0.5, 0.6) is 0 Å². The Balaban J connectivity index is 1.82. The molecule has 0 saturated heterocycles. The van der Waals surface area contributed by atoms with E-state index in [9.17, 15) is 20.3 Å². The van der Waals surface area contributed by atoms with Crippen molar-refractivity contribution in [2.24, 2.45) is 0 Å². The molecule has 1 fully saturated rings. The van der Waals surface area contributed by atoms with E-state index in [1.807, 2.05) is 28.8 Å². The van der Waals surface area contributed by atoms with E-state index in [1.165, 1.54) is 11.8 Å². The fourth-order valence-corrected chi connectivity index (χ4v) is 4.78. The molecule has 1 saturated carbocycles. The zero-order valence-electron chi connectivity index (χ0n) is 13.7. The molecule has 0 bridgehead atoms. The van der Waals surface area contributed by atoms with Gasteiger partial charge in [-0.3, -0.25) is 9.78 Å². The second-order valence-corrected chi connectivity index (χ2v) is 7.77. The average Bonchev–Trinajstić information content (AvgIpc) is 3.09. The van der Waals surface area contributed by atoms with Gasteiger partial charge in [0.05, 0.1) is 22.9 Å². The van der Waals surface area contributed by atoms with Crippen LogP contribution in [-0.2, 0) is 4.79 Å². The summed E-state index contributed by atoms with van der Waals surface area (Å²) in [4.78, 5) is 16.8. The number of rotatable bonds is 4. The number of aromatic nitrogens is 2. The number of fused-ring (bicyclic) bond motifs is 1. The predicted octanol–water partition coefficient (Wildman–Crippen LogP) is 2.94. The van der Waals surface area contributed by atoms with Crippen LogP contribution in [0.1, 0.15) is 18.4 Å². The molecule has 0 aliphatic heterocycles. The summed E-state index contributed by atoms with van der Waals surface area (Å²) in [6.45, 7) is 0. The Kier molecular flexibility index (Phi) is 3.94. The molecule has 6 nitrogen and oxygen atoms in total. The van der Waals surface area contributed by atoms with Crippen molar-refractivity contribution in [3.05, 3.63) is 54.5 Å². The summed E-state index contributed by atoms with van der Waals surface area (Å²) < 4.78 is 0.889. The van der Waals surface area contributed by atoms with Crippen molar-refractivity contribution in [3.8, 4) is 17.3 Å². The van der Waals surface area contributed by atoms with Gasteiger partial charge in [-0.05, 0) is 43.2 Å². The van der Waals surface area contributed by atoms with E-state index in [2.05, 4.69) is 11.1 Å². The van der Waals surface area contributed by atoms with Gasteiger partial charge in [-0.15, -0.1) is 11.8 Å². The second kappa shape index (κ2) is 6.16. The van der Waals surface area contributed by atoms with Gasteiger partial charge in [0.2, 0.25) is 0 Å². The highest BCUT2D eigenvalue weighted by atomic mass is 32.2. The van der Waals surface area contributed by atoms with Gasteiger partial charge in [-0.25, -0.2) is 0 Å². The summed E-state index contributed by atoms with van der Waals surface area (Å²) in [5.41, 5.74) is 2.99. The summed E-state index contributed by atoms with van der Waals surface area (Å²) in [5.74, 6) is -0.915. The minimum absolute atomic E-state index is 0.223. The van der Waals surface area contributed by atoms with Crippen molar-refractivity contribution in [1.29, 1.82) is 5.26 Å². The van der Waals surface area contributed by atoms with Gasteiger partial charge in [0.25, 0.3) is 0 Å². The predicted molar refractivity (Wildman–Crippen MR) is 96.8 cm³/mol. The van der Waals surface area contributed by atoms with Gasteiger partial charge in [-0.2, -0.15) is 5.26 Å². The summed E-state index contributed by atoms with van der Waals surface area (Å²) in [7, 11) is 0. The number of carbonyl (C=O) groups is 1. The molecule has 7 heteroatoms. The quantitative estimate of drug-likeness (QED) is 0.737. The maximum Gasteiger partial charge on any atom is 0.320 e. The van der Waals surface area contributed by atoms with Crippen molar-refractivity contribution in [3.63, 3.8) is 0 Å². The molecule has 0 aromatic carbocycles. The number of hydrogen-bond donors (Lipinski definition) is 2. The molecule has 130 valence electrons. The Bertz CT molecular complexity index is 1050. The van der Waals surface area contributed by atoms with E-state index in [0.29, 0.717) is 5.56 Å². The number of aliphatic hydroxyl groups excluding tert-OH is 1. The Morgan fingerprint density at radius 1 is 1.35 bits per heavy atom. The molecule has 1 aliphatic rings. The number of pyridine rings is 2. The first kappa shape index (κ1) is 16.6. The lowest BCUT2D eigenvalue weighted by Gasteiger charge is -2.41. The standard InChI is InChI=1S/C19H15N3O3S/c20-10-12-3-4-16(22-7-1-2-15(12)22)14-11-21-6-5-17(14)26-19(18(24)25)8-13(23)9-19/h1-7,11,13,23H,8-9H2,(H,24,25). The summed E-state index contributed by atoms with van der Waals surface area (Å²) in [6, 6.07) is 11.3. The Morgan fingerprint density at radius 3 is 2.85 bits per heavy atom. The van der Waals surface area contributed by atoms with Gasteiger partial charge < -0.3 is 14.6 Å². The van der Waals surface area contributed by atoms with Crippen molar-refractivity contribution in [1.82, 2.24) is 9.38 Å². The van der Waals surface area contributed by atoms with Crippen LogP contribution < -0.4 is 0 Å². The SMILES string of the molecule is N#Cc1ccc(-c2cnccc2SC2(C(=O)O)CC(O)C2)n2cccc12. The molecule has 26 heavy (non-hydrogen) atoms. The molecule has 0 amide bonds.